The lowest BCUT2D eigenvalue weighted by atomic mass is 10.1. The number of pyridine rings is 1. The van der Waals surface area contributed by atoms with Crippen molar-refractivity contribution in [2.24, 2.45) is 0 Å². The van der Waals surface area contributed by atoms with Gasteiger partial charge in [0.2, 0.25) is 0 Å². The Kier molecular flexibility index (Phi) is 5.98. The fourth-order valence-corrected chi connectivity index (χ4v) is 2.61. The molecule has 0 radical (unpaired) electrons. The van der Waals surface area contributed by atoms with E-state index in [2.05, 4.69) is 4.98 Å². The number of hydrogen-bond acceptors (Lipinski definition) is 4. The molecule has 0 fully saturated rings. The van der Waals surface area contributed by atoms with Gasteiger partial charge in [-0.1, -0.05) is 12.1 Å². The molecule has 1 heterocycles. The summed E-state index contributed by atoms with van der Waals surface area (Å²) in [5.41, 5.74) is 2.32. The van der Waals surface area contributed by atoms with Gasteiger partial charge in [-0.25, -0.2) is 0 Å². The van der Waals surface area contributed by atoms with Gasteiger partial charge in [-0.05, 0) is 43.0 Å². The Bertz CT molecular complexity index is 629. The van der Waals surface area contributed by atoms with E-state index in [0.29, 0.717) is 24.3 Å². The van der Waals surface area contributed by atoms with Crippen molar-refractivity contribution < 1.29 is 9.90 Å². The summed E-state index contributed by atoms with van der Waals surface area (Å²) in [6.45, 7) is 2.53. The fraction of sp³-hybridized carbons (Fsp3) is 0.294. The van der Waals surface area contributed by atoms with Gasteiger partial charge in [0.1, 0.15) is 0 Å². The molecule has 1 aromatic carbocycles. The number of nitrogens with zero attached hydrogens (tertiary/aromatic N) is 2. The minimum absolute atomic E-state index is 0.0616. The van der Waals surface area contributed by atoms with E-state index in [-0.39, 0.29) is 12.5 Å². The molecule has 1 amide bonds. The van der Waals surface area contributed by atoms with Crippen molar-refractivity contribution in [2.45, 2.75) is 18.4 Å². The topological polar surface area (TPSA) is 53.4 Å². The molecule has 0 spiro atoms. The van der Waals surface area contributed by atoms with Crippen molar-refractivity contribution >= 4 is 17.7 Å². The van der Waals surface area contributed by atoms with Gasteiger partial charge >= 0.3 is 0 Å². The zero-order valence-electron chi connectivity index (χ0n) is 12.8. The zero-order chi connectivity index (χ0) is 15.9. The Morgan fingerprint density at radius 1 is 1.27 bits per heavy atom. The largest absolute Gasteiger partial charge is 0.395 e. The van der Waals surface area contributed by atoms with Crippen LogP contribution in [0.3, 0.4) is 0 Å². The molecule has 1 aromatic heterocycles. The van der Waals surface area contributed by atoms with Crippen LogP contribution in [-0.4, -0.2) is 40.3 Å². The van der Waals surface area contributed by atoms with Crippen molar-refractivity contribution in [1.29, 1.82) is 0 Å². The summed E-state index contributed by atoms with van der Waals surface area (Å²) < 4.78 is 0. The van der Waals surface area contributed by atoms with Crippen molar-refractivity contribution in [3.63, 3.8) is 0 Å². The SMILES string of the molecule is CSc1ccc(CN(CCO)C(=O)c2cccnc2C)cc1. The molecule has 2 aromatic rings. The van der Waals surface area contributed by atoms with Gasteiger partial charge in [-0.3, -0.25) is 9.78 Å². The van der Waals surface area contributed by atoms with Crippen LogP contribution in [0.5, 0.6) is 0 Å². The molecule has 0 aliphatic carbocycles. The first-order valence-corrected chi connectivity index (χ1v) is 8.33. The van der Waals surface area contributed by atoms with Gasteiger partial charge in [0.05, 0.1) is 12.2 Å². The van der Waals surface area contributed by atoms with Gasteiger partial charge in [0.15, 0.2) is 0 Å². The highest BCUT2D eigenvalue weighted by atomic mass is 32.2. The minimum Gasteiger partial charge on any atom is -0.395 e. The normalized spacial score (nSPS) is 10.5. The molecule has 4 nitrogen and oxygen atoms in total. The zero-order valence-corrected chi connectivity index (χ0v) is 13.6. The van der Waals surface area contributed by atoms with Crippen LogP contribution in [0.1, 0.15) is 21.6 Å². The fourth-order valence-electron chi connectivity index (χ4n) is 2.21. The maximum Gasteiger partial charge on any atom is 0.256 e. The Morgan fingerprint density at radius 2 is 2.00 bits per heavy atom. The van der Waals surface area contributed by atoms with Gasteiger partial charge in [-0.2, -0.15) is 0 Å². The van der Waals surface area contributed by atoms with Gasteiger partial charge < -0.3 is 10.0 Å². The Hall–Kier alpha value is -1.85. The van der Waals surface area contributed by atoms with Crippen molar-refractivity contribution in [2.75, 3.05) is 19.4 Å². The number of carbonyl (C=O) groups excluding carboxylic acids is 1. The van der Waals surface area contributed by atoms with Gasteiger partial charge in [0.25, 0.3) is 5.91 Å². The summed E-state index contributed by atoms with van der Waals surface area (Å²) in [7, 11) is 0. The van der Waals surface area contributed by atoms with Crippen molar-refractivity contribution in [1.82, 2.24) is 9.88 Å². The predicted octanol–water partition coefficient (Wildman–Crippen LogP) is 2.75. The van der Waals surface area contributed by atoms with Crippen LogP contribution in [0.2, 0.25) is 0 Å². The predicted molar refractivity (Wildman–Crippen MR) is 89.0 cm³/mol. The highest BCUT2D eigenvalue weighted by Crippen LogP contribution is 2.17. The van der Waals surface area contributed by atoms with Crippen molar-refractivity contribution in [3.05, 3.63) is 59.4 Å². The third kappa shape index (κ3) is 4.08. The van der Waals surface area contributed by atoms with Crippen molar-refractivity contribution in [3.8, 4) is 0 Å². The summed E-state index contributed by atoms with van der Waals surface area (Å²) in [5, 5.41) is 9.25. The van der Waals surface area contributed by atoms with E-state index in [1.807, 2.05) is 37.4 Å². The average Bonchev–Trinajstić information content (AvgIpc) is 2.55. The van der Waals surface area contributed by atoms with Gasteiger partial charge in [-0.15, -0.1) is 11.8 Å². The number of benzene rings is 1. The summed E-state index contributed by atoms with van der Waals surface area (Å²) in [6.07, 6.45) is 3.70. The second-order valence-electron chi connectivity index (χ2n) is 4.93. The maximum absolute atomic E-state index is 12.7. The highest BCUT2D eigenvalue weighted by Gasteiger charge is 2.17. The Labute approximate surface area is 135 Å². The summed E-state index contributed by atoms with van der Waals surface area (Å²) in [4.78, 5) is 19.7. The number of carbonyl (C=O) groups is 1. The average molecular weight is 316 g/mol. The monoisotopic (exact) mass is 316 g/mol. The Balaban J connectivity index is 2.18. The molecule has 0 atom stereocenters. The number of thioether (sulfide) groups is 1. The first kappa shape index (κ1) is 16.5. The third-order valence-corrected chi connectivity index (χ3v) is 4.17. The highest BCUT2D eigenvalue weighted by molar-refractivity contribution is 7.98. The number of amides is 1. The quantitative estimate of drug-likeness (QED) is 0.833. The lowest BCUT2D eigenvalue weighted by Crippen LogP contribution is -2.33. The third-order valence-electron chi connectivity index (χ3n) is 3.43. The van der Waals surface area contributed by atoms with Crippen LogP contribution in [0.25, 0.3) is 0 Å². The van der Waals surface area contributed by atoms with Crippen LogP contribution < -0.4 is 0 Å². The van der Waals surface area contributed by atoms with E-state index < -0.39 is 0 Å². The van der Waals surface area contributed by atoms with E-state index in [4.69, 9.17) is 0 Å². The lowest BCUT2D eigenvalue weighted by molar-refractivity contribution is 0.0706. The maximum atomic E-state index is 12.7. The van der Waals surface area contributed by atoms with Crippen LogP contribution in [-0.2, 0) is 6.54 Å². The number of aliphatic hydroxyl groups is 1. The molecule has 2 rings (SSSR count). The Morgan fingerprint density at radius 3 is 2.59 bits per heavy atom. The minimum atomic E-state index is -0.103. The second-order valence-corrected chi connectivity index (χ2v) is 5.81. The van der Waals surface area contributed by atoms with E-state index in [0.717, 1.165) is 5.56 Å². The lowest BCUT2D eigenvalue weighted by Gasteiger charge is -2.22. The molecule has 1 N–H and O–H groups in total. The summed E-state index contributed by atoms with van der Waals surface area (Å²) >= 11 is 1.68. The summed E-state index contributed by atoms with van der Waals surface area (Å²) in [5.74, 6) is -0.103. The standard InChI is InChI=1S/C17H20N2O2S/c1-13-16(4-3-9-18-13)17(21)19(10-11-20)12-14-5-7-15(22-2)8-6-14/h3-9,20H,10-12H2,1-2H3. The molecule has 5 heteroatoms. The van der Waals surface area contributed by atoms with E-state index >= 15 is 0 Å². The number of aromatic nitrogens is 1. The molecular formula is C17H20N2O2S. The second kappa shape index (κ2) is 7.96. The number of rotatable bonds is 6. The smallest absolute Gasteiger partial charge is 0.256 e. The number of aryl methyl sites for hydroxylation is 1. The molecule has 22 heavy (non-hydrogen) atoms. The van der Waals surface area contributed by atoms with E-state index in [1.54, 1.807) is 35.0 Å². The number of hydrogen-bond donors (Lipinski definition) is 1. The molecule has 0 unspecified atom stereocenters. The van der Waals surface area contributed by atoms with Gasteiger partial charge in [0, 0.05) is 29.9 Å². The van der Waals surface area contributed by atoms with E-state index in [1.165, 1.54) is 4.90 Å². The molecule has 116 valence electrons. The molecule has 0 aliphatic rings. The summed E-state index contributed by atoms with van der Waals surface area (Å²) in [6, 6.07) is 11.6. The molecule has 0 saturated carbocycles. The van der Waals surface area contributed by atoms with Crippen LogP contribution in [0.15, 0.2) is 47.5 Å². The number of aliphatic hydroxyl groups excluding tert-OH is 1. The van der Waals surface area contributed by atoms with Crippen LogP contribution in [0.4, 0.5) is 0 Å². The molecular weight excluding hydrogens is 296 g/mol. The van der Waals surface area contributed by atoms with Crippen LogP contribution >= 0.6 is 11.8 Å². The first-order chi connectivity index (χ1) is 10.7. The molecule has 0 aliphatic heterocycles. The molecule has 0 bridgehead atoms. The van der Waals surface area contributed by atoms with E-state index in [9.17, 15) is 9.90 Å². The van der Waals surface area contributed by atoms with Crippen LogP contribution in [0, 0.1) is 6.92 Å². The first-order valence-electron chi connectivity index (χ1n) is 7.10. The molecule has 0 saturated heterocycles.